The van der Waals surface area contributed by atoms with Crippen molar-refractivity contribution in [2.75, 3.05) is 40.0 Å². The van der Waals surface area contributed by atoms with Gasteiger partial charge in [-0.15, -0.1) is 0 Å². The van der Waals surface area contributed by atoms with Crippen molar-refractivity contribution >= 4 is 11.7 Å². The molecular formula is C18H26N4O4. The van der Waals surface area contributed by atoms with Crippen LogP contribution in [0.2, 0.25) is 0 Å². The number of nitrogens with zero attached hydrogens (tertiary/aromatic N) is 3. The second kappa shape index (κ2) is 9.21. The molecule has 2 rings (SSSR count). The topological polar surface area (TPSA) is 77.9 Å². The van der Waals surface area contributed by atoms with Gasteiger partial charge in [0.1, 0.15) is 11.3 Å². The molecule has 26 heavy (non-hydrogen) atoms. The number of amides is 1. The van der Waals surface area contributed by atoms with Crippen LogP contribution in [0.1, 0.15) is 22.8 Å². The summed E-state index contributed by atoms with van der Waals surface area (Å²) in [5.41, 5.74) is 1.46. The summed E-state index contributed by atoms with van der Waals surface area (Å²) in [6.45, 7) is 2.87. The minimum Gasteiger partial charge on any atom is -0.497 e. The highest BCUT2D eigenvalue weighted by Crippen LogP contribution is 2.25. The van der Waals surface area contributed by atoms with E-state index in [0.29, 0.717) is 24.5 Å². The summed E-state index contributed by atoms with van der Waals surface area (Å²) in [6, 6.07) is 7.58. The Balaban J connectivity index is 2.41. The Labute approximate surface area is 153 Å². The van der Waals surface area contributed by atoms with Crippen LogP contribution in [0, 0.1) is 0 Å². The highest BCUT2D eigenvalue weighted by Gasteiger charge is 2.26. The Bertz CT molecular complexity index is 714. The molecule has 1 amide bonds. The van der Waals surface area contributed by atoms with Gasteiger partial charge in [0.05, 0.1) is 39.6 Å². The lowest BCUT2D eigenvalue weighted by Gasteiger charge is -2.29. The first kappa shape index (κ1) is 19.7. The van der Waals surface area contributed by atoms with Crippen molar-refractivity contribution < 1.29 is 19.1 Å². The summed E-state index contributed by atoms with van der Waals surface area (Å²) in [4.78, 5) is 17.8. The molecule has 8 heteroatoms. The molecule has 0 bridgehead atoms. The van der Waals surface area contributed by atoms with Gasteiger partial charge in [0.15, 0.2) is 5.82 Å². The van der Waals surface area contributed by atoms with Crippen molar-refractivity contribution in [2.24, 2.45) is 0 Å². The van der Waals surface area contributed by atoms with Gasteiger partial charge >= 0.3 is 0 Å². The first-order chi connectivity index (χ1) is 12.5. The van der Waals surface area contributed by atoms with Crippen molar-refractivity contribution in [3.05, 3.63) is 41.6 Å². The van der Waals surface area contributed by atoms with E-state index in [1.54, 1.807) is 44.3 Å². The number of hydroxylamine groups is 1. The van der Waals surface area contributed by atoms with Crippen molar-refractivity contribution in [1.29, 1.82) is 0 Å². The molecule has 0 spiro atoms. The number of anilines is 1. The van der Waals surface area contributed by atoms with Crippen molar-refractivity contribution in [1.82, 2.24) is 15.1 Å². The number of aromatic nitrogens is 2. The lowest BCUT2D eigenvalue weighted by Crippen LogP contribution is -2.38. The number of benzene rings is 1. The van der Waals surface area contributed by atoms with Crippen LogP contribution >= 0.6 is 0 Å². The summed E-state index contributed by atoms with van der Waals surface area (Å²) in [5.74, 6) is 1.13. The van der Waals surface area contributed by atoms with Crippen LogP contribution < -0.4 is 15.1 Å². The largest absolute Gasteiger partial charge is 0.497 e. The molecule has 0 aliphatic carbocycles. The van der Waals surface area contributed by atoms with E-state index in [-0.39, 0.29) is 11.9 Å². The van der Waals surface area contributed by atoms with Gasteiger partial charge in [-0.1, -0.05) is 12.1 Å². The van der Waals surface area contributed by atoms with Crippen LogP contribution in [0.5, 0.6) is 5.75 Å². The van der Waals surface area contributed by atoms with Crippen LogP contribution in [-0.2, 0) is 16.1 Å². The summed E-state index contributed by atoms with van der Waals surface area (Å²) < 4.78 is 12.2. The Hall–Kier alpha value is -2.58. The number of ether oxygens (including phenoxy) is 2. The normalized spacial score (nSPS) is 11.9. The summed E-state index contributed by atoms with van der Waals surface area (Å²) in [5, 5.41) is 8.68. The summed E-state index contributed by atoms with van der Waals surface area (Å²) >= 11 is 0. The molecule has 8 nitrogen and oxygen atoms in total. The third-order valence-electron chi connectivity index (χ3n) is 3.99. The first-order valence-electron chi connectivity index (χ1n) is 8.28. The Morgan fingerprint density at radius 3 is 2.50 bits per heavy atom. The highest BCUT2D eigenvalue weighted by atomic mass is 16.7. The van der Waals surface area contributed by atoms with Gasteiger partial charge in [0.2, 0.25) is 0 Å². The molecule has 1 unspecified atom stereocenters. The lowest BCUT2D eigenvalue weighted by atomic mass is 10.2. The van der Waals surface area contributed by atoms with Gasteiger partial charge < -0.3 is 14.8 Å². The smallest absolute Gasteiger partial charge is 0.256 e. The third-order valence-corrected chi connectivity index (χ3v) is 3.99. The molecule has 1 aromatic heterocycles. The molecule has 0 fully saturated rings. The number of carbonyl (C=O) groups is 1. The zero-order valence-corrected chi connectivity index (χ0v) is 15.9. The predicted octanol–water partition coefficient (Wildman–Crippen LogP) is 1.70. The molecule has 0 aliphatic heterocycles. The average Bonchev–Trinajstić information content (AvgIpc) is 3.06. The molecule has 1 N–H and O–H groups in total. The maximum absolute atomic E-state index is 12.3. The minimum atomic E-state index is -0.229. The van der Waals surface area contributed by atoms with E-state index in [0.717, 1.165) is 11.3 Å². The van der Waals surface area contributed by atoms with Crippen LogP contribution in [-0.4, -0.2) is 56.7 Å². The molecule has 1 aromatic carbocycles. The minimum absolute atomic E-state index is 0.111. The second-order valence-corrected chi connectivity index (χ2v) is 5.78. The first-order valence-corrected chi connectivity index (χ1v) is 8.28. The lowest BCUT2D eigenvalue weighted by molar-refractivity contribution is 0.0901. The van der Waals surface area contributed by atoms with Gasteiger partial charge in [0.25, 0.3) is 5.91 Å². The molecule has 2 aromatic rings. The molecule has 142 valence electrons. The van der Waals surface area contributed by atoms with Gasteiger partial charge in [-0.05, 0) is 24.6 Å². The van der Waals surface area contributed by atoms with Crippen LogP contribution in [0.3, 0.4) is 0 Å². The molecule has 1 heterocycles. The molecule has 1 atom stereocenters. The zero-order valence-electron chi connectivity index (χ0n) is 15.9. The van der Waals surface area contributed by atoms with Gasteiger partial charge in [-0.2, -0.15) is 5.10 Å². The fourth-order valence-corrected chi connectivity index (χ4v) is 2.71. The average molecular weight is 362 g/mol. The monoisotopic (exact) mass is 362 g/mol. The van der Waals surface area contributed by atoms with Gasteiger partial charge in [-0.3, -0.25) is 9.63 Å². The number of hydrogen-bond donors (Lipinski definition) is 1. The van der Waals surface area contributed by atoms with Crippen LogP contribution in [0.15, 0.2) is 30.5 Å². The maximum atomic E-state index is 12.3. The Morgan fingerprint density at radius 1 is 1.27 bits per heavy atom. The summed E-state index contributed by atoms with van der Waals surface area (Å²) in [7, 11) is 6.40. The SMILES string of the molecule is CNC(=O)c1cnn(Cc2ccc(OC)cc2)c1N(OC)C(C)COC. The molecule has 0 radical (unpaired) electrons. The van der Waals surface area contributed by atoms with E-state index in [1.807, 2.05) is 31.2 Å². The van der Waals surface area contributed by atoms with E-state index < -0.39 is 0 Å². The second-order valence-electron chi connectivity index (χ2n) is 5.78. The fourth-order valence-electron chi connectivity index (χ4n) is 2.71. The number of hydrogen-bond acceptors (Lipinski definition) is 6. The Morgan fingerprint density at radius 2 is 1.96 bits per heavy atom. The number of carbonyl (C=O) groups excluding carboxylic acids is 1. The Kier molecular flexibility index (Phi) is 6.99. The quantitative estimate of drug-likeness (QED) is 0.684. The van der Waals surface area contributed by atoms with Crippen LogP contribution in [0.25, 0.3) is 0 Å². The molecule has 0 saturated heterocycles. The number of rotatable bonds is 9. The standard InChI is InChI=1S/C18H26N4O4/c1-13(12-24-3)22(26-5)18-16(17(23)19-2)10-20-21(18)11-14-6-8-15(25-4)9-7-14/h6-10,13H,11-12H2,1-5H3,(H,19,23). The highest BCUT2D eigenvalue weighted by molar-refractivity contribution is 5.98. The molecule has 0 saturated carbocycles. The molecule has 0 aliphatic rings. The summed E-state index contributed by atoms with van der Waals surface area (Å²) in [6.07, 6.45) is 1.54. The van der Waals surface area contributed by atoms with Gasteiger partial charge in [-0.25, -0.2) is 9.75 Å². The maximum Gasteiger partial charge on any atom is 0.256 e. The van der Waals surface area contributed by atoms with E-state index in [1.165, 1.54) is 0 Å². The van der Waals surface area contributed by atoms with E-state index in [4.69, 9.17) is 14.3 Å². The van der Waals surface area contributed by atoms with Gasteiger partial charge in [0, 0.05) is 14.2 Å². The number of nitrogens with one attached hydrogen (secondary N) is 1. The van der Waals surface area contributed by atoms with Crippen molar-refractivity contribution in [3.8, 4) is 5.75 Å². The van der Waals surface area contributed by atoms with E-state index in [2.05, 4.69) is 10.4 Å². The molecular weight excluding hydrogens is 336 g/mol. The van der Waals surface area contributed by atoms with Crippen molar-refractivity contribution in [2.45, 2.75) is 19.5 Å². The van der Waals surface area contributed by atoms with Crippen LogP contribution in [0.4, 0.5) is 5.82 Å². The van der Waals surface area contributed by atoms with Crippen molar-refractivity contribution in [3.63, 3.8) is 0 Å². The predicted molar refractivity (Wildman–Crippen MR) is 98.5 cm³/mol. The van der Waals surface area contributed by atoms with E-state index >= 15 is 0 Å². The fraction of sp³-hybridized carbons (Fsp3) is 0.444. The van der Waals surface area contributed by atoms with E-state index in [9.17, 15) is 4.79 Å². The third kappa shape index (κ3) is 4.33. The number of methoxy groups -OCH3 is 2. The zero-order chi connectivity index (χ0) is 19.1.